The number of carbonyl (C=O) groups is 1. The molecule has 1 aliphatic heterocycles. The third-order valence-electron chi connectivity index (χ3n) is 2.74. The molecule has 0 aromatic heterocycles. The van der Waals surface area contributed by atoms with Gasteiger partial charge in [-0.25, -0.2) is 0 Å². The smallest absolute Gasteiger partial charge is 0.152 e. The highest BCUT2D eigenvalue weighted by Gasteiger charge is 2.13. The third-order valence-corrected chi connectivity index (χ3v) is 2.74. The minimum Gasteiger partial charge on any atom is -0.367 e. The van der Waals surface area contributed by atoms with Gasteiger partial charge in [0.25, 0.3) is 0 Å². The first-order chi connectivity index (χ1) is 7.31. The first-order valence-corrected chi connectivity index (χ1v) is 5.26. The lowest BCUT2D eigenvalue weighted by Crippen LogP contribution is -2.29. The van der Waals surface area contributed by atoms with Crippen molar-refractivity contribution in [2.75, 3.05) is 18.0 Å². The molecule has 0 saturated carbocycles. The maximum atomic E-state index is 10.9. The summed E-state index contributed by atoms with van der Waals surface area (Å²) >= 11 is 0. The van der Waals surface area contributed by atoms with Crippen molar-refractivity contribution < 1.29 is 4.79 Å². The van der Waals surface area contributed by atoms with Gasteiger partial charge in [-0.15, -0.1) is 0 Å². The normalized spacial score (nSPS) is 16.1. The standard InChI is InChI=1S/C13H15NO/c1-11-5-4-8-14(9-11)13-7-3-2-6-12(13)10-15/h2-3,5-7,10H,4,8-9H2,1H3. The Hall–Kier alpha value is -1.57. The number of aldehydes is 1. The summed E-state index contributed by atoms with van der Waals surface area (Å²) in [6, 6.07) is 7.77. The van der Waals surface area contributed by atoms with E-state index in [0.29, 0.717) is 0 Å². The zero-order valence-electron chi connectivity index (χ0n) is 8.94. The van der Waals surface area contributed by atoms with Gasteiger partial charge >= 0.3 is 0 Å². The number of carbonyl (C=O) groups excluding carboxylic acids is 1. The number of benzene rings is 1. The molecule has 0 radical (unpaired) electrons. The van der Waals surface area contributed by atoms with E-state index in [1.807, 2.05) is 24.3 Å². The van der Waals surface area contributed by atoms with Gasteiger partial charge in [-0.2, -0.15) is 0 Å². The molecule has 1 aromatic carbocycles. The Morgan fingerprint density at radius 3 is 2.87 bits per heavy atom. The van der Waals surface area contributed by atoms with Crippen LogP contribution in [-0.2, 0) is 0 Å². The Labute approximate surface area is 90.2 Å². The monoisotopic (exact) mass is 201 g/mol. The number of hydrogen-bond donors (Lipinski definition) is 0. The summed E-state index contributed by atoms with van der Waals surface area (Å²) < 4.78 is 0. The topological polar surface area (TPSA) is 20.3 Å². The summed E-state index contributed by atoms with van der Waals surface area (Å²) in [4.78, 5) is 13.2. The van der Waals surface area contributed by atoms with Crippen LogP contribution in [0.4, 0.5) is 5.69 Å². The fourth-order valence-electron chi connectivity index (χ4n) is 1.99. The summed E-state index contributed by atoms with van der Waals surface area (Å²) in [5, 5.41) is 0. The zero-order valence-corrected chi connectivity index (χ0v) is 8.94. The van der Waals surface area contributed by atoms with E-state index in [9.17, 15) is 4.79 Å². The van der Waals surface area contributed by atoms with Crippen molar-refractivity contribution in [1.82, 2.24) is 0 Å². The van der Waals surface area contributed by atoms with Crippen molar-refractivity contribution in [2.45, 2.75) is 13.3 Å². The second-order valence-corrected chi connectivity index (χ2v) is 3.94. The molecule has 78 valence electrons. The minimum atomic E-state index is 0.784. The van der Waals surface area contributed by atoms with Gasteiger partial charge in [0.05, 0.1) is 0 Å². The SMILES string of the molecule is CC1=CCCN(c2ccccc2C=O)C1. The second kappa shape index (κ2) is 4.30. The van der Waals surface area contributed by atoms with Crippen LogP contribution >= 0.6 is 0 Å². The molecule has 0 unspecified atom stereocenters. The van der Waals surface area contributed by atoms with Gasteiger partial charge in [0, 0.05) is 24.3 Å². The molecular weight excluding hydrogens is 186 g/mol. The molecule has 1 heterocycles. The maximum absolute atomic E-state index is 10.9. The second-order valence-electron chi connectivity index (χ2n) is 3.94. The molecule has 2 rings (SSSR count). The van der Waals surface area contributed by atoms with E-state index in [2.05, 4.69) is 17.9 Å². The summed E-state index contributed by atoms with van der Waals surface area (Å²) in [6.07, 6.45) is 4.27. The number of para-hydroxylation sites is 1. The molecule has 0 aliphatic carbocycles. The molecule has 2 nitrogen and oxygen atoms in total. The van der Waals surface area contributed by atoms with Gasteiger partial charge in [-0.3, -0.25) is 4.79 Å². The van der Waals surface area contributed by atoms with Crippen LogP contribution in [-0.4, -0.2) is 19.4 Å². The Balaban J connectivity index is 2.29. The van der Waals surface area contributed by atoms with Crippen LogP contribution in [0, 0.1) is 0 Å². The Morgan fingerprint density at radius 2 is 2.13 bits per heavy atom. The van der Waals surface area contributed by atoms with E-state index >= 15 is 0 Å². The van der Waals surface area contributed by atoms with Crippen molar-refractivity contribution in [3.8, 4) is 0 Å². The molecule has 0 saturated heterocycles. The van der Waals surface area contributed by atoms with E-state index in [-0.39, 0.29) is 0 Å². The third kappa shape index (κ3) is 2.09. The predicted molar refractivity (Wildman–Crippen MR) is 62.4 cm³/mol. The van der Waals surface area contributed by atoms with Crippen molar-refractivity contribution in [3.05, 3.63) is 41.5 Å². The van der Waals surface area contributed by atoms with Crippen LogP contribution < -0.4 is 4.90 Å². The zero-order chi connectivity index (χ0) is 10.7. The molecule has 0 fully saturated rings. The summed E-state index contributed by atoms with van der Waals surface area (Å²) in [5.74, 6) is 0. The Bertz CT molecular complexity index is 395. The Kier molecular flexibility index (Phi) is 2.86. The van der Waals surface area contributed by atoms with Crippen molar-refractivity contribution in [2.24, 2.45) is 0 Å². The van der Waals surface area contributed by atoms with E-state index < -0.39 is 0 Å². The molecule has 2 heteroatoms. The highest BCUT2D eigenvalue weighted by atomic mass is 16.1. The lowest BCUT2D eigenvalue weighted by molar-refractivity contribution is 0.112. The van der Waals surface area contributed by atoms with Gasteiger partial charge in [0.15, 0.2) is 6.29 Å². The average molecular weight is 201 g/mol. The van der Waals surface area contributed by atoms with E-state index in [0.717, 1.165) is 37.0 Å². The fourth-order valence-corrected chi connectivity index (χ4v) is 1.99. The lowest BCUT2D eigenvalue weighted by atomic mass is 10.1. The highest BCUT2D eigenvalue weighted by Crippen LogP contribution is 2.22. The van der Waals surface area contributed by atoms with E-state index in [1.165, 1.54) is 5.57 Å². The van der Waals surface area contributed by atoms with Crippen molar-refractivity contribution in [1.29, 1.82) is 0 Å². The average Bonchev–Trinajstić information content (AvgIpc) is 2.29. The first-order valence-electron chi connectivity index (χ1n) is 5.26. The van der Waals surface area contributed by atoms with Crippen LogP contribution in [0.1, 0.15) is 23.7 Å². The highest BCUT2D eigenvalue weighted by molar-refractivity contribution is 5.84. The van der Waals surface area contributed by atoms with Crippen LogP contribution in [0.2, 0.25) is 0 Å². The van der Waals surface area contributed by atoms with Crippen LogP contribution in [0.5, 0.6) is 0 Å². The van der Waals surface area contributed by atoms with E-state index in [1.54, 1.807) is 0 Å². The molecule has 0 spiro atoms. The number of nitrogens with zero attached hydrogens (tertiary/aromatic N) is 1. The lowest BCUT2D eigenvalue weighted by Gasteiger charge is -2.29. The quantitative estimate of drug-likeness (QED) is 0.541. The van der Waals surface area contributed by atoms with Crippen LogP contribution in [0.3, 0.4) is 0 Å². The summed E-state index contributed by atoms with van der Waals surface area (Å²) in [7, 11) is 0. The van der Waals surface area contributed by atoms with Gasteiger partial charge < -0.3 is 4.90 Å². The molecule has 0 N–H and O–H groups in total. The molecule has 0 bridgehead atoms. The maximum Gasteiger partial charge on any atom is 0.152 e. The number of rotatable bonds is 2. The molecule has 0 amide bonds. The van der Waals surface area contributed by atoms with Gasteiger partial charge in [0.2, 0.25) is 0 Å². The molecule has 1 aliphatic rings. The molecule has 15 heavy (non-hydrogen) atoms. The van der Waals surface area contributed by atoms with E-state index in [4.69, 9.17) is 0 Å². The molecule has 0 atom stereocenters. The van der Waals surface area contributed by atoms with Gasteiger partial charge in [-0.1, -0.05) is 23.8 Å². The minimum absolute atomic E-state index is 0.784. The molecular formula is C13H15NO. The van der Waals surface area contributed by atoms with Gasteiger partial charge in [-0.05, 0) is 25.5 Å². The number of hydrogen-bond acceptors (Lipinski definition) is 2. The molecule has 1 aromatic rings. The van der Waals surface area contributed by atoms with Crippen LogP contribution in [0.15, 0.2) is 35.9 Å². The Morgan fingerprint density at radius 1 is 1.33 bits per heavy atom. The largest absolute Gasteiger partial charge is 0.367 e. The summed E-state index contributed by atoms with van der Waals surface area (Å²) in [5.41, 5.74) is 3.22. The first kappa shape index (κ1) is 9.97. The summed E-state index contributed by atoms with van der Waals surface area (Å²) in [6.45, 7) is 4.07. The van der Waals surface area contributed by atoms with Gasteiger partial charge in [0.1, 0.15) is 0 Å². The predicted octanol–water partition coefficient (Wildman–Crippen LogP) is 2.66. The van der Waals surface area contributed by atoms with Crippen molar-refractivity contribution in [3.63, 3.8) is 0 Å². The fraction of sp³-hybridized carbons (Fsp3) is 0.308. The van der Waals surface area contributed by atoms with Crippen LogP contribution in [0.25, 0.3) is 0 Å². The number of anilines is 1. The van der Waals surface area contributed by atoms with Crippen molar-refractivity contribution >= 4 is 12.0 Å².